The van der Waals surface area contributed by atoms with Gasteiger partial charge in [0.25, 0.3) is 0 Å². The summed E-state index contributed by atoms with van der Waals surface area (Å²) < 4.78 is 22.2. The topological polar surface area (TPSA) is 139 Å². The van der Waals surface area contributed by atoms with Crippen LogP contribution in [0.1, 0.15) is 19.4 Å². The molecule has 0 spiro atoms. The normalized spacial score (nSPS) is 11.8. The molecule has 0 saturated heterocycles. The molecule has 0 bridgehead atoms. The van der Waals surface area contributed by atoms with Crippen molar-refractivity contribution in [2.45, 2.75) is 30.7 Å². The maximum Gasteiger partial charge on any atom is 0.309 e. The molecule has 8 nitrogen and oxygen atoms in total. The first-order valence-electron chi connectivity index (χ1n) is 6.88. The second-order valence-electron chi connectivity index (χ2n) is 5.69. The Bertz CT molecular complexity index is 668. The lowest BCUT2D eigenvalue weighted by Gasteiger charge is -2.22. The smallest absolute Gasteiger partial charge is 0.309 e. The number of benzene rings is 1. The monoisotopic (exact) mass is 343 g/mol. The molecular weight excluding hydrogens is 322 g/mol. The minimum atomic E-state index is -3.73. The Labute approximate surface area is 135 Å². The molecule has 1 rings (SSSR count). The van der Waals surface area contributed by atoms with E-state index in [1.807, 2.05) is 0 Å². The first-order chi connectivity index (χ1) is 10.5. The SMILES string of the molecule is CC(C)(CO)NC(=O)C(=O)NCCc1ccc(S(N)(=O)=O)cc1. The summed E-state index contributed by atoms with van der Waals surface area (Å²) in [6.07, 6.45) is 0.424. The molecule has 0 aliphatic rings. The number of nitrogens with two attached hydrogens (primary N) is 1. The van der Waals surface area contributed by atoms with E-state index in [0.29, 0.717) is 6.42 Å². The fourth-order valence-electron chi connectivity index (χ4n) is 1.65. The molecule has 0 aliphatic carbocycles. The fraction of sp³-hybridized carbons (Fsp3) is 0.429. The van der Waals surface area contributed by atoms with Crippen LogP contribution >= 0.6 is 0 Å². The number of sulfonamides is 1. The number of rotatable bonds is 6. The van der Waals surface area contributed by atoms with Crippen molar-refractivity contribution in [3.63, 3.8) is 0 Å². The van der Waals surface area contributed by atoms with Crippen LogP contribution in [0.3, 0.4) is 0 Å². The van der Waals surface area contributed by atoms with Gasteiger partial charge in [-0.25, -0.2) is 13.6 Å². The molecule has 2 amide bonds. The number of primary sulfonamides is 1. The van der Waals surface area contributed by atoms with Crippen molar-refractivity contribution in [1.29, 1.82) is 0 Å². The number of aliphatic hydroxyl groups is 1. The van der Waals surface area contributed by atoms with Gasteiger partial charge in [-0.3, -0.25) is 9.59 Å². The van der Waals surface area contributed by atoms with Gasteiger partial charge in [0.2, 0.25) is 10.0 Å². The summed E-state index contributed by atoms with van der Waals surface area (Å²) in [5.74, 6) is -1.62. The molecule has 23 heavy (non-hydrogen) atoms. The van der Waals surface area contributed by atoms with Crippen molar-refractivity contribution in [2.75, 3.05) is 13.2 Å². The number of carbonyl (C=O) groups is 2. The number of amides is 2. The first kappa shape index (κ1) is 19.1. The highest BCUT2D eigenvalue weighted by molar-refractivity contribution is 7.89. The molecule has 0 atom stereocenters. The molecular formula is C14H21N3O5S. The maximum absolute atomic E-state index is 11.6. The van der Waals surface area contributed by atoms with E-state index in [9.17, 15) is 18.0 Å². The molecule has 1 aromatic carbocycles. The van der Waals surface area contributed by atoms with Gasteiger partial charge in [-0.2, -0.15) is 0 Å². The predicted octanol–water partition coefficient (Wildman–Crippen LogP) is -1.12. The average molecular weight is 343 g/mol. The van der Waals surface area contributed by atoms with E-state index in [4.69, 9.17) is 10.2 Å². The third kappa shape index (κ3) is 6.35. The molecule has 0 unspecified atom stereocenters. The van der Waals surface area contributed by atoms with E-state index < -0.39 is 27.4 Å². The zero-order valence-corrected chi connectivity index (χ0v) is 13.8. The summed E-state index contributed by atoms with van der Waals surface area (Å²) in [7, 11) is -3.73. The van der Waals surface area contributed by atoms with Gasteiger partial charge in [0, 0.05) is 6.54 Å². The van der Waals surface area contributed by atoms with Crippen LogP contribution in [0.5, 0.6) is 0 Å². The Hall–Kier alpha value is -1.97. The van der Waals surface area contributed by atoms with Crippen LogP contribution in [-0.2, 0) is 26.0 Å². The Morgan fingerprint density at radius 2 is 1.74 bits per heavy atom. The molecule has 0 aromatic heterocycles. The summed E-state index contributed by atoms with van der Waals surface area (Å²) in [6, 6.07) is 5.92. The predicted molar refractivity (Wildman–Crippen MR) is 83.8 cm³/mol. The lowest BCUT2D eigenvalue weighted by Crippen LogP contribution is -2.51. The maximum atomic E-state index is 11.6. The minimum absolute atomic E-state index is 0.0101. The molecule has 128 valence electrons. The summed E-state index contributed by atoms with van der Waals surface area (Å²) in [4.78, 5) is 23.2. The Morgan fingerprint density at radius 1 is 1.17 bits per heavy atom. The molecule has 0 heterocycles. The molecule has 0 fully saturated rings. The largest absolute Gasteiger partial charge is 0.394 e. The van der Waals surface area contributed by atoms with Crippen LogP contribution < -0.4 is 15.8 Å². The quantitative estimate of drug-likeness (QED) is 0.485. The summed E-state index contributed by atoms with van der Waals surface area (Å²) in [6.45, 7) is 3.10. The van der Waals surface area contributed by atoms with Crippen LogP contribution in [-0.4, -0.2) is 44.0 Å². The van der Waals surface area contributed by atoms with E-state index in [1.54, 1.807) is 26.0 Å². The highest BCUT2D eigenvalue weighted by atomic mass is 32.2. The van der Waals surface area contributed by atoms with Crippen LogP contribution in [0, 0.1) is 0 Å². The minimum Gasteiger partial charge on any atom is -0.394 e. The van der Waals surface area contributed by atoms with Crippen molar-refractivity contribution in [2.24, 2.45) is 5.14 Å². The van der Waals surface area contributed by atoms with Crippen LogP contribution in [0.15, 0.2) is 29.2 Å². The third-order valence-electron chi connectivity index (χ3n) is 3.00. The van der Waals surface area contributed by atoms with Gasteiger partial charge in [-0.05, 0) is 38.0 Å². The molecule has 9 heteroatoms. The highest BCUT2D eigenvalue weighted by Gasteiger charge is 2.23. The van der Waals surface area contributed by atoms with Crippen molar-refractivity contribution >= 4 is 21.8 Å². The summed E-state index contributed by atoms with van der Waals surface area (Å²) >= 11 is 0. The first-order valence-corrected chi connectivity index (χ1v) is 8.43. The Morgan fingerprint density at radius 3 is 2.22 bits per heavy atom. The molecule has 5 N–H and O–H groups in total. The molecule has 0 radical (unpaired) electrons. The van der Waals surface area contributed by atoms with E-state index in [1.165, 1.54) is 12.1 Å². The second kappa shape index (κ2) is 7.53. The van der Waals surface area contributed by atoms with Crippen molar-refractivity contribution in [3.8, 4) is 0 Å². The molecule has 1 aromatic rings. The van der Waals surface area contributed by atoms with Crippen molar-refractivity contribution < 1.29 is 23.1 Å². The van der Waals surface area contributed by atoms with Gasteiger partial charge >= 0.3 is 11.8 Å². The summed E-state index contributed by atoms with van der Waals surface area (Å²) in [5.41, 5.74) is -0.0911. The van der Waals surface area contributed by atoms with Gasteiger partial charge in [-0.15, -0.1) is 0 Å². The van der Waals surface area contributed by atoms with E-state index >= 15 is 0 Å². The lowest BCUT2D eigenvalue weighted by atomic mass is 10.1. The fourth-order valence-corrected chi connectivity index (χ4v) is 2.17. The van der Waals surface area contributed by atoms with Crippen molar-refractivity contribution in [1.82, 2.24) is 10.6 Å². The van der Waals surface area contributed by atoms with E-state index in [-0.39, 0.29) is 18.0 Å². The van der Waals surface area contributed by atoms with E-state index in [2.05, 4.69) is 10.6 Å². The Kier molecular flexibility index (Phi) is 6.25. The number of aliphatic hydroxyl groups excluding tert-OH is 1. The zero-order valence-electron chi connectivity index (χ0n) is 13.0. The lowest BCUT2D eigenvalue weighted by molar-refractivity contribution is -0.140. The highest BCUT2D eigenvalue weighted by Crippen LogP contribution is 2.08. The number of carbonyl (C=O) groups excluding carboxylic acids is 2. The van der Waals surface area contributed by atoms with Crippen molar-refractivity contribution in [3.05, 3.63) is 29.8 Å². The van der Waals surface area contributed by atoms with Gasteiger partial charge < -0.3 is 15.7 Å². The molecule has 0 saturated carbocycles. The van der Waals surface area contributed by atoms with Crippen LogP contribution in [0.4, 0.5) is 0 Å². The van der Waals surface area contributed by atoms with Gasteiger partial charge in [0.05, 0.1) is 17.0 Å². The number of hydrogen-bond donors (Lipinski definition) is 4. The Balaban J connectivity index is 2.48. The number of hydrogen-bond acceptors (Lipinski definition) is 5. The standard InChI is InChI=1S/C14H21N3O5S/c1-14(2,9-18)17-13(20)12(19)16-8-7-10-3-5-11(6-4-10)23(15,21)22/h3-6,18H,7-9H2,1-2H3,(H,16,19)(H,17,20)(H2,15,21,22). The third-order valence-corrected chi connectivity index (χ3v) is 3.93. The second-order valence-corrected chi connectivity index (χ2v) is 7.25. The number of nitrogens with one attached hydrogen (secondary N) is 2. The summed E-state index contributed by atoms with van der Waals surface area (Å²) in [5, 5.41) is 18.9. The zero-order chi connectivity index (χ0) is 17.7. The average Bonchev–Trinajstić information content (AvgIpc) is 2.46. The molecule has 0 aliphatic heterocycles. The van der Waals surface area contributed by atoms with E-state index in [0.717, 1.165) is 5.56 Å². The van der Waals surface area contributed by atoms with Gasteiger partial charge in [-0.1, -0.05) is 12.1 Å². The van der Waals surface area contributed by atoms with Crippen LogP contribution in [0.2, 0.25) is 0 Å². The van der Waals surface area contributed by atoms with Crippen LogP contribution in [0.25, 0.3) is 0 Å². The van der Waals surface area contributed by atoms with Gasteiger partial charge in [0.1, 0.15) is 0 Å². The van der Waals surface area contributed by atoms with Gasteiger partial charge in [0.15, 0.2) is 0 Å².